The average molecular weight is 368 g/mol. The highest BCUT2D eigenvalue weighted by molar-refractivity contribution is 5.94. The monoisotopic (exact) mass is 367 g/mol. The second-order valence-corrected chi connectivity index (χ2v) is 7.45. The van der Waals surface area contributed by atoms with Gasteiger partial charge in [-0.2, -0.15) is 0 Å². The van der Waals surface area contributed by atoms with E-state index in [4.69, 9.17) is 0 Å². The summed E-state index contributed by atoms with van der Waals surface area (Å²) < 4.78 is 0. The summed E-state index contributed by atoms with van der Waals surface area (Å²) in [4.78, 5) is 17.1. The molecule has 0 fully saturated rings. The molecule has 1 amide bonds. The molecule has 0 aliphatic rings. The Bertz CT molecular complexity index is 695. The summed E-state index contributed by atoms with van der Waals surface area (Å²) in [6.07, 6.45) is 0. The van der Waals surface area contributed by atoms with Gasteiger partial charge in [-0.15, -0.1) is 0 Å². The van der Waals surface area contributed by atoms with Crippen LogP contribution in [0.15, 0.2) is 54.6 Å². The molecule has 2 aromatic rings. The van der Waals surface area contributed by atoms with E-state index in [1.54, 1.807) is 0 Å². The number of rotatable bonds is 9. The molecular weight excluding hydrogens is 334 g/mol. The third kappa shape index (κ3) is 6.19. The first-order chi connectivity index (χ1) is 12.9. The minimum absolute atomic E-state index is 0.0273. The second kappa shape index (κ2) is 10.2. The van der Waals surface area contributed by atoms with Crippen molar-refractivity contribution in [1.82, 2.24) is 15.1 Å². The normalized spacial score (nSPS) is 12.6. The minimum Gasteiger partial charge on any atom is -0.350 e. The van der Waals surface area contributed by atoms with E-state index in [0.717, 1.165) is 13.1 Å². The highest BCUT2D eigenvalue weighted by Gasteiger charge is 2.16. The van der Waals surface area contributed by atoms with Crippen LogP contribution in [-0.2, 0) is 6.54 Å². The Kier molecular flexibility index (Phi) is 8.01. The molecule has 0 spiro atoms. The molecule has 0 saturated carbocycles. The van der Waals surface area contributed by atoms with Gasteiger partial charge in [0.2, 0.25) is 0 Å². The lowest BCUT2D eigenvalue weighted by Crippen LogP contribution is -2.34. The zero-order valence-corrected chi connectivity index (χ0v) is 17.3. The summed E-state index contributed by atoms with van der Waals surface area (Å²) in [7, 11) is 4.07. The maximum absolute atomic E-state index is 12.6. The van der Waals surface area contributed by atoms with Gasteiger partial charge in [-0.1, -0.05) is 49.4 Å². The Morgan fingerprint density at radius 3 is 2.15 bits per heavy atom. The SMILES string of the molecule is CCN(Cc1ccc(C(=O)NCC(c2ccccc2)N(C)C)cc1)C(C)C. The molecular formula is C23H33N3O. The van der Waals surface area contributed by atoms with Crippen LogP contribution in [0.1, 0.15) is 48.3 Å². The third-order valence-electron chi connectivity index (χ3n) is 5.00. The van der Waals surface area contributed by atoms with Crippen molar-refractivity contribution in [2.24, 2.45) is 0 Å². The number of hydrogen-bond donors (Lipinski definition) is 1. The highest BCUT2D eigenvalue weighted by atomic mass is 16.1. The summed E-state index contributed by atoms with van der Waals surface area (Å²) in [5, 5.41) is 3.08. The van der Waals surface area contributed by atoms with Crippen molar-refractivity contribution in [3.05, 3.63) is 71.3 Å². The molecule has 0 aliphatic heterocycles. The van der Waals surface area contributed by atoms with Crippen LogP contribution in [0.25, 0.3) is 0 Å². The van der Waals surface area contributed by atoms with Gasteiger partial charge in [0.05, 0.1) is 6.04 Å². The van der Waals surface area contributed by atoms with Crippen molar-refractivity contribution in [2.45, 2.75) is 39.4 Å². The Morgan fingerprint density at radius 2 is 1.63 bits per heavy atom. The second-order valence-electron chi connectivity index (χ2n) is 7.45. The van der Waals surface area contributed by atoms with E-state index < -0.39 is 0 Å². The largest absolute Gasteiger partial charge is 0.350 e. The first-order valence-electron chi connectivity index (χ1n) is 9.75. The summed E-state index contributed by atoms with van der Waals surface area (Å²) in [5.41, 5.74) is 3.14. The molecule has 1 atom stereocenters. The topological polar surface area (TPSA) is 35.6 Å². The van der Waals surface area contributed by atoms with Crippen LogP contribution in [0.5, 0.6) is 0 Å². The molecule has 27 heavy (non-hydrogen) atoms. The molecule has 0 saturated heterocycles. The first-order valence-corrected chi connectivity index (χ1v) is 9.75. The molecule has 0 aliphatic carbocycles. The summed E-state index contributed by atoms with van der Waals surface area (Å²) in [6, 6.07) is 18.9. The lowest BCUT2D eigenvalue weighted by molar-refractivity contribution is 0.0942. The third-order valence-corrected chi connectivity index (χ3v) is 5.00. The molecule has 2 aromatic carbocycles. The van der Waals surface area contributed by atoms with Gasteiger partial charge >= 0.3 is 0 Å². The van der Waals surface area contributed by atoms with Crippen LogP contribution in [0.2, 0.25) is 0 Å². The molecule has 2 rings (SSSR count). The highest BCUT2D eigenvalue weighted by Crippen LogP contribution is 2.17. The fourth-order valence-electron chi connectivity index (χ4n) is 3.22. The van der Waals surface area contributed by atoms with Crippen LogP contribution in [0, 0.1) is 0 Å². The number of amides is 1. The number of likely N-dealkylation sites (N-methyl/N-ethyl adjacent to an activating group) is 1. The number of hydrogen-bond acceptors (Lipinski definition) is 3. The van der Waals surface area contributed by atoms with Gasteiger partial charge in [0.1, 0.15) is 0 Å². The number of carbonyl (C=O) groups is 1. The lowest BCUT2D eigenvalue weighted by atomic mass is 10.1. The van der Waals surface area contributed by atoms with Crippen molar-refractivity contribution >= 4 is 5.91 Å². The number of nitrogens with zero attached hydrogens (tertiary/aromatic N) is 2. The summed E-state index contributed by atoms with van der Waals surface area (Å²) in [6.45, 7) is 9.10. The predicted molar refractivity (Wildman–Crippen MR) is 113 cm³/mol. The van der Waals surface area contributed by atoms with Gasteiger partial charge in [-0.3, -0.25) is 9.69 Å². The van der Waals surface area contributed by atoms with Crippen molar-refractivity contribution < 1.29 is 4.79 Å². The number of nitrogens with one attached hydrogen (secondary N) is 1. The van der Waals surface area contributed by atoms with Gasteiger partial charge < -0.3 is 10.2 Å². The molecule has 146 valence electrons. The summed E-state index contributed by atoms with van der Waals surface area (Å²) >= 11 is 0. The quantitative estimate of drug-likeness (QED) is 0.729. The Balaban J connectivity index is 1.97. The Morgan fingerprint density at radius 1 is 1.00 bits per heavy atom. The van der Waals surface area contributed by atoms with E-state index in [9.17, 15) is 4.79 Å². The molecule has 1 unspecified atom stereocenters. The smallest absolute Gasteiger partial charge is 0.251 e. The fraction of sp³-hybridized carbons (Fsp3) is 0.435. The van der Waals surface area contributed by atoms with Crippen molar-refractivity contribution in [2.75, 3.05) is 27.2 Å². The Hall–Kier alpha value is -2.17. The maximum Gasteiger partial charge on any atom is 0.251 e. The van der Waals surface area contributed by atoms with E-state index >= 15 is 0 Å². The van der Waals surface area contributed by atoms with Crippen LogP contribution >= 0.6 is 0 Å². The van der Waals surface area contributed by atoms with Crippen molar-refractivity contribution in [1.29, 1.82) is 0 Å². The average Bonchev–Trinajstić information content (AvgIpc) is 2.67. The first kappa shape index (κ1) is 21.1. The van der Waals surface area contributed by atoms with Crippen LogP contribution < -0.4 is 5.32 Å². The van der Waals surface area contributed by atoms with Crippen molar-refractivity contribution in [3.63, 3.8) is 0 Å². The van der Waals surface area contributed by atoms with Crippen LogP contribution in [0.4, 0.5) is 0 Å². The van der Waals surface area contributed by atoms with E-state index in [2.05, 4.69) is 60.2 Å². The van der Waals surface area contributed by atoms with Gasteiger partial charge in [-0.25, -0.2) is 0 Å². The van der Waals surface area contributed by atoms with Gasteiger partial charge in [0, 0.05) is 24.7 Å². The molecule has 0 heterocycles. The van der Waals surface area contributed by atoms with Crippen LogP contribution in [0.3, 0.4) is 0 Å². The fourth-order valence-corrected chi connectivity index (χ4v) is 3.22. The van der Waals surface area contributed by atoms with Crippen LogP contribution in [-0.4, -0.2) is 48.9 Å². The molecule has 4 heteroatoms. The Labute approximate surface area is 164 Å². The van der Waals surface area contributed by atoms with E-state index in [1.807, 2.05) is 44.4 Å². The molecule has 0 radical (unpaired) electrons. The van der Waals surface area contributed by atoms with E-state index in [1.165, 1.54) is 11.1 Å². The molecule has 4 nitrogen and oxygen atoms in total. The molecule has 0 bridgehead atoms. The zero-order valence-electron chi connectivity index (χ0n) is 17.3. The number of carbonyl (C=O) groups excluding carboxylic acids is 1. The lowest BCUT2D eigenvalue weighted by Gasteiger charge is -2.25. The number of benzene rings is 2. The molecule has 0 aromatic heterocycles. The van der Waals surface area contributed by atoms with Crippen molar-refractivity contribution in [3.8, 4) is 0 Å². The van der Waals surface area contributed by atoms with E-state index in [0.29, 0.717) is 18.2 Å². The maximum atomic E-state index is 12.6. The van der Waals surface area contributed by atoms with Gasteiger partial charge in [0.15, 0.2) is 0 Å². The van der Waals surface area contributed by atoms with E-state index in [-0.39, 0.29) is 11.9 Å². The standard InChI is InChI=1S/C23H33N3O/c1-6-26(18(2)3)17-19-12-14-21(15-13-19)23(27)24-16-22(25(4)5)20-10-8-7-9-11-20/h7-15,18,22H,6,16-17H2,1-5H3,(H,24,27). The predicted octanol–water partition coefficient (Wildman–Crippen LogP) is 3.95. The molecule has 1 N–H and O–H groups in total. The summed E-state index contributed by atoms with van der Waals surface area (Å²) in [5.74, 6) is -0.0273. The zero-order chi connectivity index (χ0) is 19.8. The van der Waals surface area contributed by atoms with Gasteiger partial charge in [0.25, 0.3) is 5.91 Å². The van der Waals surface area contributed by atoms with Gasteiger partial charge in [-0.05, 0) is 57.7 Å². The minimum atomic E-state index is -0.0273.